The van der Waals surface area contributed by atoms with Crippen LogP contribution in [0.15, 0.2) is 218 Å². The Morgan fingerprint density at radius 3 is 1.50 bits per heavy atom. The fourth-order valence-electron chi connectivity index (χ4n) is 10.2. The van der Waals surface area contributed by atoms with Crippen molar-refractivity contribution in [2.24, 2.45) is 0 Å². The molecule has 0 atom stereocenters. The van der Waals surface area contributed by atoms with Gasteiger partial charge in [-0.15, -0.1) is 0 Å². The van der Waals surface area contributed by atoms with Crippen LogP contribution in [0.2, 0.25) is 0 Å². The molecule has 0 saturated carbocycles. The summed E-state index contributed by atoms with van der Waals surface area (Å²) in [6.07, 6.45) is 0. The number of hydrogen-bond acceptors (Lipinski definition) is 0. The first kappa shape index (κ1) is 33.1. The van der Waals surface area contributed by atoms with Gasteiger partial charge in [-0.3, -0.25) is 0 Å². The van der Waals surface area contributed by atoms with E-state index in [1.54, 1.807) is 0 Å². The van der Waals surface area contributed by atoms with Crippen molar-refractivity contribution in [3.05, 3.63) is 218 Å². The first-order chi connectivity index (χ1) is 29.8. The summed E-state index contributed by atoms with van der Waals surface area (Å²) in [5, 5.41) is 15.2. The quantitative estimate of drug-likeness (QED) is 0.158. The van der Waals surface area contributed by atoms with E-state index < -0.39 is 0 Å². The van der Waals surface area contributed by atoms with Crippen molar-refractivity contribution in [3.63, 3.8) is 0 Å². The van der Waals surface area contributed by atoms with Crippen LogP contribution in [-0.4, -0.2) is 9.13 Å². The van der Waals surface area contributed by atoms with Gasteiger partial charge in [0.15, 0.2) is 0 Å². The van der Waals surface area contributed by atoms with Gasteiger partial charge in [0.1, 0.15) is 0 Å². The summed E-state index contributed by atoms with van der Waals surface area (Å²) in [5.74, 6) is 0. The van der Waals surface area contributed by atoms with Crippen LogP contribution < -0.4 is 0 Å². The largest absolute Gasteiger partial charge is 0.309 e. The Hall–Kier alpha value is -7.94. The molecule has 278 valence electrons. The molecular weight excluding hydrogens is 725 g/mol. The van der Waals surface area contributed by atoms with Crippen molar-refractivity contribution in [2.45, 2.75) is 0 Å². The van der Waals surface area contributed by atoms with Crippen LogP contribution in [-0.2, 0) is 0 Å². The molecule has 11 aromatic carbocycles. The maximum Gasteiger partial charge on any atom is 0.0541 e. The first-order valence-corrected chi connectivity index (χ1v) is 20.8. The average molecular weight is 761 g/mol. The Balaban J connectivity index is 0.968. The van der Waals surface area contributed by atoms with E-state index in [0.717, 1.165) is 5.69 Å². The predicted molar refractivity (Wildman–Crippen MR) is 256 cm³/mol. The van der Waals surface area contributed by atoms with E-state index in [1.807, 2.05) is 0 Å². The zero-order valence-corrected chi connectivity index (χ0v) is 32.7. The van der Waals surface area contributed by atoms with Crippen LogP contribution in [0.1, 0.15) is 0 Å². The molecule has 0 aliphatic rings. The molecule has 0 amide bonds. The third-order valence-electron chi connectivity index (χ3n) is 12.8. The standard InChI is InChI=1S/C58H36N2/c1-3-18-44-37(13-1)15-12-26-53(44)60-55-25-10-8-22-48(55)52-35-40(30-32-57(52)60)39-29-31-56-51(34-39)47-21-7-9-24-54(47)59(56)43-17-11-16-41(33-43)50-36-42-28-27-38-14-2-4-19-45(38)58(42)49-23-6-5-20-46(49)50/h1-36H. The Labute approximate surface area is 346 Å². The second-order valence-corrected chi connectivity index (χ2v) is 16.1. The van der Waals surface area contributed by atoms with Gasteiger partial charge in [0.05, 0.1) is 27.8 Å². The van der Waals surface area contributed by atoms with Crippen LogP contribution in [0.25, 0.3) is 120 Å². The molecule has 13 rings (SSSR count). The van der Waals surface area contributed by atoms with E-state index in [1.165, 1.54) is 115 Å². The molecule has 0 bridgehead atoms. The molecule has 2 aromatic heterocycles. The molecule has 0 N–H and O–H groups in total. The molecule has 0 radical (unpaired) electrons. The molecule has 13 aromatic rings. The highest BCUT2D eigenvalue weighted by atomic mass is 15.0. The fourth-order valence-corrected chi connectivity index (χ4v) is 10.2. The van der Waals surface area contributed by atoms with E-state index in [4.69, 9.17) is 0 Å². The van der Waals surface area contributed by atoms with Crippen LogP contribution in [0.4, 0.5) is 0 Å². The van der Waals surface area contributed by atoms with Crippen molar-refractivity contribution >= 4 is 86.7 Å². The van der Waals surface area contributed by atoms with Crippen molar-refractivity contribution in [2.75, 3.05) is 0 Å². The maximum absolute atomic E-state index is 2.44. The summed E-state index contributed by atoms with van der Waals surface area (Å²) < 4.78 is 4.88. The van der Waals surface area contributed by atoms with Gasteiger partial charge >= 0.3 is 0 Å². The Bertz CT molecular complexity index is 3890. The summed E-state index contributed by atoms with van der Waals surface area (Å²) >= 11 is 0. The maximum atomic E-state index is 2.44. The highest BCUT2D eigenvalue weighted by Crippen LogP contribution is 2.42. The summed E-state index contributed by atoms with van der Waals surface area (Å²) in [7, 11) is 0. The zero-order chi connectivity index (χ0) is 39.3. The van der Waals surface area contributed by atoms with Crippen LogP contribution in [0.3, 0.4) is 0 Å². The van der Waals surface area contributed by atoms with E-state index in [2.05, 4.69) is 228 Å². The Morgan fingerprint density at radius 2 is 0.767 bits per heavy atom. The number of aromatic nitrogens is 2. The van der Waals surface area contributed by atoms with Gasteiger partial charge in [-0.1, -0.05) is 158 Å². The second kappa shape index (κ2) is 12.8. The zero-order valence-electron chi connectivity index (χ0n) is 32.7. The molecule has 0 unspecified atom stereocenters. The van der Waals surface area contributed by atoms with Gasteiger partial charge in [0, 0.05) is 32.6 Å². The molecule has 60 heavy (non-hydrogen) atoms. The predicted octanol–water partition coefficient (Wildman–Crippen LogP) is 15.8. The van der Waals surface area contributed by atoms with Gasteiger partial charge in [-0.25, -0.2) is 0 Å². The first-order valence-electron chi connectivity index (χ1n) is 20.8. The normalized spacial score (nSPS) is 12.0. The lowest BCUT2D eigenvalue weighted by Gasteiger charge is -2.15. The molecule has 0 saturated heterocycles. The van der Waals surface area contributed by atoms with Crippen LogP contribution in [0.5, 0.6) is 0 Å². The number of para-hydroxylation sites is 2. The lowest BCUT2D eigenvalue weighted by Crippen LogP contribution is -1.95. The van der Waals surface area contributed by atoms with Gasteiger partial charge in [-0.2, -0.15) is 0 Å². The molecule has 0 spiro atoms. The lowest BCUT2D eigenvalue weighted by molar-refractivity contribution is 1.18. The van der Waals surface area contributed by atoms with Crippen molar-refractivity contribution < 1.29 is 0 Å². The molecule has 0 aliphatic carbocycles. The van der Waals surface area contributed by atoms with Crippen molar-refractivity contribution in [1.82, 2.24) is 9.13 Å². The summed E-state index contributed by atoms with van der Waals surface area (Å²) in [6, 6.07) is 80.6. The average Bonchev–Trinajstić information content (AvgIpc) is 3.83. The molecule has 2 heterocycles. The second-order valence-electron chi connectivity index (χ2n) is 16.1. The van der Waals surface area contributed by atoms with Crippen LogP contribution >= 0.6 is 0 Å². The van der Waals surface area contributed by atoms with Gasteiger partial charge in [0.2, 0.25) is 0 Å². The number of nitrogens with zero attached hydrogens (tertiary/aromatic N) is 2. The third kappa shape index (κ3) is 4.82. The monoisotopic (exact) mass is 760 g/mol. The number of fused-ring (bicyclic) bond motifs is 12. The van der Waals surface area contributed by atoms with E-state index in [9.17, 15) is 0 Å². The van der Waals surface area contributed by atoms with E-state index in [0.29, 0.717) is 0 Å². The topological polar surface area (TPSA) is 9.86 Å². The van der Waals surface area contributed by atoms with Crippen molar-refractivity contribution in [3.8, 4) is 33.6 Å². The van der Waals surface area contributed by atoms with E-state index in [-0.39, 0.29) is 0 Å². The van der Waals surface area contributed by atoms with Gasteiger partial charge in [-0.05, 0) is 121 Å². The fraction of sp³-hybridized carbons (Fsp3) is 0. The minimum absolute atomic E-state index is 1.15. The minimum Gasteiger partial charge on any atom is -0.309 e. The van der Waals surface area contributed by atoms with Crippen LogP contribution in [0, 0.1) is 0 Å². The van der Waals surface area contributed by atoms with E-state index >= 15 is 0 Å². The number of rotatable bonds is 4. The summed E-state index contributed by atoms with van der Waals surface area (Å²) in [4.78, 5) is 0. The Morgan fingerprint density at radius 1 is 0.250 bits per heavy atom. The number of hydrogen-bond donors (Lipinski definition) is 0. The summed E-state index contributed by atoms with van der Waals surface area (Å²) in [5.41, 5.74) is 12.0. The van der Waals surface area contributed by atoms with Gasteiger partial charge < -0.3 is 9.13 Å². The molecule has 0 aliphatic heterocycles. The van der Waals surface area contributed by atoms with Gasteiger partial charge in [0.25, 0.3) is 0 Å². The molecule has 2 heteroatoms. The summed E-state index contributed by atoms with van der Waals surface area (Å²) in [6.45, 7) is 0. The smallest absolute Gasteiger partial charge is 0.0541 e. The molecule has 0 fully saturated rings. The highest BCUT2D eigenvalue weighted by molar-refractivity contribution is 6.23. The highest BCUT2D eigenvalue weighted by Gasteiger charge is 2.18. The molecule has 2 nitrogen and oxygen atoms in total. The Kier molecular flexibility index (Phi) is 7.05. The third-order valence-corrected chi connectivity index (χ3v) is 12.8. The molecular formula is C58H36N2. The number of benzene rings is 11. The minimum atomic E-state index is 1.15. The lowest BCUT2D eigenvalue weighted by atomic mass is 9.90. The van der Waals surface area contributed by atoms with Crippen molar-refractivity contribution in [1.29, 1.82) is 0 Å². The SMILES string of the molecule is c1cc(-c2cc3ccc4ccccc4c3c3ccccc23)cc(-n2c3ccccc3c3cc(-c4ccc5c(c4)c4ccccc4n5-c4cccc5ccccc45)ccc32)c1.